The van der Waals surface area contributed by atoms with Crippen molar-refractivity contribution in [2.75, 3.05) is 18.0 Å². The van der Waals surface area contributed by atoms with Gasteiger partial charge in [0, 0.05) is 24.3 Å². The Labute approximate surface area is 143 Å². The lowest BCUT2D eigenvalue weighted by atomic mass is 10.1. The van der Waals surface area contributed by atoms with Crippen LogP contribution in [0.1, 0.15) is 38.1 Å². The fourth-order valence-electron chi connectivity index (χ4n) is 3.11. The highest BCUT2D eigenvalue weighted by Gasteiger charge is 2.29. The fraction of sp³-hybridized carbons (Fsp3) is 0.421. The fourth-order valence-corrected chi connectivity index (χ4v) is 3.11. The number of nitrogens with one attached hydrogen (secondary N) is 2. The molecular formula is C19H25N3O2. The smallest absolute Gasteiger partial charge is 0.315 e. The monoisotopic (exact) mass is 327 g/mol. The molecule has 2 amide bonds. The van der Waals surface area contributed by atoms with Crippen molar-refractivity contribution < 1.29 is 9.21 Å². The lowest BCUT2D eigenvalue weighted by Gasteiger charge is -2.30. The maximum Gasteiger partial charge on any atom is 0.315 e. The number of hydrogen-bond donors (Lipinski definition) is 2. The van der Waals surface area contributed by atoms with E-state index in [4.69, 9.17) is 4.42 Å². The number of anilines is 1. The first-order valence-corrected chi connectivity index (χ1v) is 8.38. The summed E-state index contributed by atoms with van der Waals surface area (Å²) in [6.07, 6.45) is 2.70. The second kappa shape index (κ2) is 6.59. The zero-order valence-electron chi connectivity index (χ0n) is 14.5. The summed E-state index contributed by atoms with van der Waals surface area (Å²) in [5.74, 6) is 0.864. The summed E-state index contributed by atoms with van der Waals surface area (Å²) >= 11 is 0. The van der Waals surface area contributed by atoms with E-state index in [0.717, 1.165) is 18.7 Å². The number of carbonyl (C=O) groups excluding carboxylic acids is 1. The van der Waals surface area contributed by atoms with Gasteiger partial charge < -0.3 is 20.0 Å². The number of benzene rings is 1. The second-order valence-electron chi connectivity index (χ2n) is 7.19. The number of urea groups is 1. The van der Waals surface area contributed by atoms with Crippen LogP contribution in [0.5, 0.6) is 0 Å². The zero-order valence-corrected chi connectivity index (χ0v) is 14.5. The molecule has 5 nitrogen and oxygen atoms in total. The van der Waals surface area contributed by atoms with Gasteiger partial charge in [-0.25, -0.2) is 4.79 Å². The molecule has 2 aromatic rings. The van der Waals surface area contributed by atoms with E-state index >= 15 is 0 Å². The van der Waals surface area contributed by atoms with Gasteiger partial charge in [-0.15, -0.1) is 0 Å². The Morgan fingerprint density at radius 1 is 1.25 bits per heavy atom. The molecule has 0 radical (unpaired) electrons. The molecule has 0 saturated carbocycles. The van der Waals surface area contributed by atoms with Gasteiger partial charge >= 0.3 is 6.03 Å². The lowest BCUT2D eigenvalue weighted by Crippen LogP contribution is -2.48. The Kier molecular flexibility index (Phi) is 4.51. The summed E-state index contributed by atoms with van der Waals surface area (Å²) in [6, 6.07) is 12.1. The quantitative estimate of drug-likeness (QED) is 0.904. The number of carbonyl (C=O) groups is 1. The van der Waals surface area contributed by atoms with Gasteiger partial charge in [0.05, 0.1) is 6.26 Å². The predicted molar refractivity (Wildman–Crippen MR) is 95.2 cm³/mol. The van der Waals surface area contributed by atoms with Crippen LogP contribution in [-0.4, -0.2) is 24.7 Å². The van der Waals surface area contributed by atoms with Gasteiger partial charge in [0.15, 0.2) is 0 Å². The third kappa shape index (κ3) is 3.72. The molecule has 2 N–H and O–H groups in total. The minimum Gasteiger partial charge on any atom is -0.467 e. The lowest BCUT2D eigenvalue weighted by molar-refractivity contribution is 0.231. The Morgan fingerprint density at radius 3 is 2.75 bits per heavy atom. The highest BCUT2D eigenvalue weighted by Crippen LogP contribution is 2.34. The van der Waals surface area contributed by atoms with E-state index in [9.17, 15) is 4.79 Å². The molecule has 1 unspecified atom stereocenters. The van der Waals surface area contributed by atoms with Gasteiger partial charge in [-0.05, 0) is 51.0 Å². The second-order valence-corrected chi connectivity index (χ2v) is 7.19. The molecule has 5 heteroatoms. The first-order chi connectivity index (χ1) is 11.4. The van der Waals surface area contributed by atoms with Gasteiger partial charge in [0.1, 0.15) is 11.8 Å². The van der Waals surface area contributed by atoms with E-state index in [1.54, 1.807) is 6.26 Å². The largest absolute Gasteiger partial charge is 0.467 e. The Hall–Kier alpha value is -2.43. The number of furan rings is 1. The van der Waals surface area contributed by atoms with Gasteiger partial charge in [-0.1, -0.05) is 18.2 Å². The van der Waals surface area contributed by atoms with Crippen LogP contribution in [0.2, 0.25) is 0 Å². The van der Waals surface area contributed by atoms with Crippen molar-refractivity contribution in [2.45, 2.75) is 38.8 Å². The summed E-state index contributed by atoms with van der Waals surface area (Å²) in [5.41, 5.74) is 2.30. The van der Waals surface area contributed by atoms with E-state index in [-0.39, 0.29) is 17.6 Å². The van der Waals surface area contributed by atoms with Crippen molar-refractivity contribution >= 4 is 11.7 Å². The summed E-state index contributed by atoms with van der Waals surface area (Å²) in [5, 5.41) is 5.91. The summed E-state index contributed by atoms with van der Waals surface area (Å²) in [6.45, 7) is 7.31. The van der Waals surface area contributed by atoms with Crippen molar-refractivity contribution in [3.63, 3.8) is 0 Å². The van der Waals surface area contributed by atoms with Crippen LogP contribution < -0.4 is 15.5 Å². The van der Waals surface area contributed by atoms with Crippen molar-refractivity contribution in [1.82, 2.24) is 10.6 Å². The van der Waals surface area contributed by atoms with Crippen LogP contribution in [0.25, 0.3) is 0 Å². The van der Waals surface area contributed by atoms with Crippen LogP contribution in [0.4, 0.5) is 10.5 Å². The molecule has 1 aromatic carbocycles. The number of fused-ring (bicyclic) bond motifs is 1. The first kappa shape index (κ1) is 16.4. The van der Waals surface area contributed by atoms with E-state index in [2.05, 4.69) is 39.8 Å². The molecule has 128 valence electrons. The molecular weight excluding hydrogens is 302 g/mol. The number of rotatable bonds is 4. The Bertz CT molecular complexity index is 689. The minimum absolute atomic E-state index is 0.0191. The maximum atomic E-state index is 12.1. The predicted octanol–water partition coefficient (Wildman–Crippen LogP) is 3.48. The van der Waals surface area contributed by atoms with Gasteiger partial charge in [0.25, 0.3) is 0 Å². The number of nitrogens with zero attached hydrogens (tertiary/aromatic N) is 1. The van der Waals surface area contributed by atoms with Crippen molar-refractivity contribution in [2.24, 2.45) is 0 Å². The van der Waals surface area contributed by atoms with Crippen LogP contribution in [0, 0.1) is 0 Å². The van der Waals surface area contributed by atoms with Crippen molar-refractivity contribution in [1.29, 1.82) is 0 Å². The molecule has 3 rings (SSSR count). The minimum atomic E-state index is -0.259. The van der Waals surface area contributed by atoms with Gasteiger partial charge in [-0.2, -0.15) is 0 Å². The molecule has 0 spiro atoms. The standard InChI is InChI=1S/C19H25N3O2/c1-19(2,3)21-18(23)20-13-16(17-9-6-12-24-17)22-11-10-14-7-4-5-8-15(14)22/h4-9,12,16H,10-11,13H2,1-3H3,(H2,20,21,23). The molecule has 0 fully saturated rings. The molecule has 1 aliphatic heterocycles. The number of para-hydroxylation sites is 1. The highest BCUT2D eigenvalue weighted by molar-refractivity contribution is 5.74. The topological polar surface area (TPSA) is 57.5 Å². The zero-order chi connectivity index (χ0) is 17.2. The summed E-state index contributed by atoms with van der Waals surface area (Å²) in [4.78, 5) is 14.4. The van der Waals surface area contributed by atoms with E-state index in [1.807, 2.05) is 32.9 Å². The van der Waals surface area contributed by atoms with Crippen LogP contribution in [0.3, 0.4) is 0 Å². The Balaban J connectivity index is 1.75. The molecule has 1 atom stereocenters. The third-order valence-corrected chi connectivity index (χ3v) is 4.12. The molecule has 1 aromatic heterocycles. The number of hydrogen-bond acceptors (Lipinski definition) is 3. The summed E-state index contributed by atoms with van der Waals surface area (Å²) < 4.78 is 5.64. The van der Waals surface area contributed by atoms with Crippen LogP contribution >= 0.6 is 0 Å². The van der Waals surface area contributed by atoms with E-state index < -0.39 is 0 Å². The molecule has 0 aliphatic carbocycles. The normalized spacial score (nSPS) is 15.0. The molecule has 0 bridgehead atoms. The van der Waals surface area contributed by atoms with Crippen LogP contribution in [-0.2, 0) is 6.42 Å². The van der Waals surface area contributed by atoms with Gasteiger partial charge in [-0.3, -0.25) is 0 Å². The molecule has 0 saturated heterocycles. The van der Waals surface area contributed by atoms with Gasteiger partial charge in [0.2, 0.25) is 0 Å². The average Bonchev–Trinajstić information content (AvgIpc) is 3.16. The molecule has 24 heavy (non-hydrogen) atoms. The SMILES string of the molecule is CC(C)(C)NC(=O)NCC(c1ccco1)N1CCc2ccccc21. The molecule has 1 aliphatic rings. The number of amides is 2. The Morgan fingerprint density at radius 2 is 2.04 bits per heavy atom. The third-order valence-electron chi connectivity index (χ3n) is 4.12. The maximum absolute atomic E-state index is 12.1. The highest BCUT2D eigenvalue weighted by atomic mass is 16.3. The van der Waals surface area contributed by atoms with Crippen molar-refractivity contribution in [3.8, 4) is 0 Å². The first-order valence-electron chi connectivity index (χ1n) is 8.38. The van der Waals surface area contributed by atoms with Crippen LogP contribution in [0.15, 0.2) is 47.1 Å². The average molecular weight is 327 g/mol. The van der Waals surface area contributed by atoms with E-state index in [0.29, 0.717) is 6.54 Å². The summed E-state index contributed by atoms with van der Waals surface area (Å²) in [7, 11) is 0. The molecule has 2 heterocycles. The van der Waals surface area contributed by atoms with Crippen molar-refractivity contribution in [3.05, 3.63) is 54.0 Å². The van der Waals surface area contributed by atoms with E-state index in [1.165, 1.54) is 11.3 Å².